The van der Waals surface area contributed by atoms with Gasteiger partial charge in [0.2, 0.25) is 0 Å². The zero-order chi connectivity index (χ0) is 8.27. The summed E-state index contributed by atoms with van der Waals surface area (Å²) < 4.78 is 13.2. The average Bonchev–Trinajstić information content (AvgIpc) is 1.98. The van der Waals surface area contributed by atoms with Gasteiger partial charge in [-0.3, -0.25) is 0 Å². The Hall–Kier alpha value is -0.410. The third kappa shape index (κ3) is 2.27. The summed E-state index contributed by atoms with van der Waals surface area (Å²) in [4.78, 5) is 0. The molecule has 0 aliphatic rings. The average molecular weight is 218 g/mol. The van der Waals surface area contributed by atoms with E-state index < -0.39 is 0 Å². The molecule has 2 N–H and O–H groups in total. The van der Waals surface area contributed by atoms with Gasteiger partial charge in [0, 0.05) is 0 Å². The monoisotopic (exact) mass is 217 g/mol. The number of halogens is 2. The second-order valence-electron chi connectivity index (χ2n) is 2.29. The van der Waals surface area contributed by atoms with Gasteiger partial charge in [0.05, 0.1) is 4.47 Å². The van der Waals surface area contributed by atoms with Crippen molar-refractivity contribution in [2.45, 2.75) is 6.42 Å². The first-order valence-corrected chi connectivity index (χ1v) is 4.17. The SMILES string of the molecule is NCCc1ccc(F)c(Br)c1. The lowest BCUT2D eigenvalue weighted by Crippen LogP contribution is -2.02. The van der Waals surface area contributed by atoms with E-state index in [1.165, 1.54) is 6.07 Å². The van der Waals surface area contributed by atoms with Gasteiger partial charge in [-0.1, -0.05) is 6.07 Å². The Morgan fingerprint density at radius 2 is 2.18 bits per heavy atom. The summed E-state index contributed by atoms with van der Waals surface area (Å²) in [6.45, 7) is 0.595. The van der Waals surface area contributed by atoms with E-state index in [2.05, 4.69) is 15.9 Å². The quantitative estimate of drug-likeness (QED) is 0.807. The molecule has 1 aromatic carbocycles. The Bertz CT molecular complexity index is 250. The minimum Gasteiger partial charge on any atom is -0.330 e. The highest BCUT2D eigenvalue weighted by molar-refractivity contribution is 9.10. The van der Waals surface area contributed by atoms with Crippen molar-refractivity contribution in [2.24, 2.45) is 5.73 Å². The number of benzene rings is 1. The van der Waals surface area contributed by atoms with Crippen molar-refractivity contribution in [2.75, 3.05) is 6.54 Å². The molecule has 0 unspecified atom stereocenters. The number of rotatable bonds is 2. The van der Waals surface area contributed by atoms with Crippen LogP contribution >= 0.6 is 15.9 Å². The lowest BCUT2D eigenvalue weighted by Gasteiger charge is -1.99. The molecule has 0 aromatic heterocycles. The fourth-order valence-corrected chi connectivity index (χ4v) is 1.29. The third-order valence-corrected chi connectivity index (χ3v) is 2.02. The zero-order valence-corrected chi connectivity index (χ0v) is 7.57. The molecular weight excluding hydrogens is 209 g/mol. The van der Waals surface area contributed by atoms with Gasteiger partial charge in [-0.15, -0.1) is 0 Å². The van der Waals surface area contributed by atoms with Gasteiger partial charge in [-0.2, -0.15) is 0 Å². The van der Waals surface area contributed by atoms with Crippen molar-refractivity contribution in [3.8, 4) is 0 Å². The second kappa shape index (κ2) is 3.83. The molecule has 0 heterocycles. The molecule has 3 heteroatoms. The first kappa shape index (κ1) is 8.68. The fraction of sp³-hybridized carbons (Fsp3) is 0.250. The van der Waals surface area contributed by atoms with E-state index in [0.717, 1.165) is 12.0 Å². The second-order valence-corrected chi connectivity index (χ2v) is 3.14. The van der Waals surface area contributed by atoms with Crippen LogP contribution in [-0.2, 0) is 6.42 Å². The van der Waals surface area contributed by atoms with E-state index in [0.29, 0.717) is 11.0 Å². The lowest BCUT2D eigenvalue weighted by atomic mass is 10.1. The van der Waals surface area contributed by atoms with Gasteiger partial charge in [-0.25, -0.2) is 4.39 Å². The maximum absolute atomic E-state index is 12.7. The molecule has 0 saturated heterocycles. The number of nitrogens with two attached hydrogens (primary N) is 1. The van der Waals surface area contributed by atoms with E-state index >= 15 is 0 Å². The van der Waals surface area contributed by atoms with Crippen molar-refractivity contribution in [1.29, 1.82) is 0 Å². The molecule has 60 valence electrons. The van der Waals surface area contributed by atoms with Gasteiger partial charge in [0.25, 0.3) is 0 Å². The molecule has 1 rings (SSSR count). The first-order valence-electron chi connectivity index (χ1n) is 3.38. The highest BCUT2D eigenvalue weighted by atomic mass is 79.9. The van der Waals surface area contributed by atoms with Crippen molar-refractivity contribution in [3.63, 3.8) is 0 Å². The molecule has 11 heavy (non-hydrogen) atoms. The predicted molar refractivity (Wildman–Crippen MR) is 46.9 cm³/mol. The molecule has 0 saturated carbocycles. The fourth-order valence-electron chi connectivity index (χ4n) is 0.862. The molecule has 0 spiro atoms. The van der Waals surface area contributed by atoms with Crippen molar-refractivity contribution < 1.29 is 4.39 Å². The highest BCUT2D eigenvalue weighted by Crippen LogP contribution is 2.16. The van der Waals surface area contributed by atoms with Crippen molar-refractivity contribution in [1.82, 2.24) is 0 Å². The Morgan fingerprint density at radius 3 is 2.73 bits per heavy atom. The first-order chi connectivity index (χ1) is 5.24. The number of hydrogen-bond acceptors (Lipinski definition) is 1. The van der Waals surface area contributed by atoms with Gasteiger partial charge in [-0.05, 0) is 46.6 Å². The van der Waals surface area contributed by atoms with Crippen LogP contribution in [0.25, 0.3) is 0 Å². The predicted octanol–water partition coefficient (Wildman–Crippen LogP) is 2.09. The van der Waals surface area contributed by atoms with E-state index in [9.17, 15) is 4.39 Å². The van der Waals surface area contributed by atoms with Gasteiger partial charge in [0.1, 0.15) is 5.82 Å². The van der Waals surface area contributed by atoms with Gasteiger partial charge >= 0.3 is 0 Å². The summed E-state index contributed by atoms with van der Waals surface area (Å²) in [7, 11) is 0. The van der Waals surface area contributed by atoms with Crippen LogP contribution in [0, 0.1) is 5.82 Å². The largest absolute Gasteiger partial charge is 0.330 e. The zero-order valence-electron chi connectivity index (χ0n) is 5.98. The summed E-state index contributed by atoms with van der Waals surface area (Å²) >= 11 is 3.10. The van der Waals surface area contributed by atoms with Gasteiger partial charge < -0.3 is 5.73 Å². The Balaban J connectivity index is 2.86. The van der Waals surface area contributed by atoms with E-state index in [-0.39, 0.29) is 5.82 Å². The standard InChI is InChI=1S/C8H9BrFN/c9-7-5-6(3-4-11)1-2-8(7)10/h1-2,5H,3-4,11H2. The summed E-state index contributed by atoms with van der Waals surface area (Å²) in [5.41, 5.74) is 6.40. The molecule has 0 amide bonds. The molecule has 0 atom stereocenters. The molecule has 0 aliphatic heterocycles. The van der Waals surface area contributed by atoms with Crippen molar-refractivity contribution in [3.05, 3.63) is 34.1 Å². The molecule has 0 radical (unpaired) electrons. The minimum absolute atomic E-state index is 0.231. The van der Waals surface area contributed by atoms with Gasteiger partial charge in [0.15, 0.2) is 0 Å². The maximum atomic E-state index is 12.7. The highest BCUT2D eigenvalue weighted by Gasteiger charge is 1.98. The Labute approximate surface area is 73.5 Å². The molecule has 0 aliphatic carbocycles. The van der Waals surface area contributed by atoms with E-state index in [1.807, 2.05) is 0 Å². The van der Waals surface area contributed by atoms with E-state index in [1.54, 1.807) is 12.1 Å². The molecule has 0 fully saturated rings. The summed E-state index contributed by atoms with van der Waals surface area (Å²) in [5.74, 6) is -0.231. The van der Waals surface area contributed by atoms with Crippen LogP contribution in [-0.4, -0.2) is 6.54 Å². The summed E-state index contributed by atoms with van der Waals surface area (Å²) in [5, 5.41) is 0. The van der Waals surface area contributed by atoms with Crippen LogP contribution in [0.4, 0.5) is 4.39 Å². The summed E-state index contributed by atoms with van der Waals surface area (Å²) in [6.07, 6.45) is 0.791. The van der Waals surface area contributed by atoms with Crippen LogP contribution in [0.2, 0.25) is 0 Å². The number of hydrogen-bond donors (Lipinski definition) is 1. The smallest absolute Gasteiger partial charge is 0.137 e. The normalized spacial score (nSPS) is 10.1. The Morgan fingerprint density at radius 1 is 1.45 bits per heavy atom. The van der Waals surface area contributed by atoms with Crippen molar-refractivity contribution >= 4 is 15.9 Å². The van der Waals surface area contributed by atoms with Crippen LogP contribution < -0.4 is 5.73 Å². The minimum atomic E-state index is -0.231. The lowest BCUT2D eigenvalue weighted by molar-refractivity contribution is 0.620. The molecule has 0 bridgehead atoms. The van der Waals surface area contributed by atoms with Crippen LogP contribution in [0.3, 0.4) is 0 Å². The third-order valence-electron chi connectivity index (χ3n) is 1.42. The maximum Gasteiger partial charge on any atom is 0.137 e. The Kier molecular flexibility index (Phi) is 3.02. The molecule has 1 nitrogen and oxygen atoms in total. The molecular formula is C8H9BrFN. The summed E-state index contributed by atoms with van der Waals surface area (Å²) in [6, 6.07) is 4.93. The molecule has 1 aromatic rings. The topological polar surface area (TPSA) is 26.0 Å². The van der Waals surface area contributed by atoms with E-state index in [4.69, 9.17) is 5.73 Å². The van der Waals surface area contributed by atoms with Crippen LogP contribution in [0.5, 0.6) is 0 Å². The van der Waals surface area contributed by atoms with Crippen LogP contribution in [0.15, 0.2) is 22.7 Å². The van der Waals surface area contributed by atoms with Crippen LogP contribution in [0.1, 0.15) is 5.56 Å².